The van der Waals surface area contributed by atoms with Crippen molar-refractivity contribution < 1.29 is 9.59 Å². The molecule has 142 valence electrons. The number of carbonyl (C=O) groups excluding carboxylic acids is 2. The molecule has 1 fully saturated rings. The molecule has 27 heavy (non-hydrogen) atoms. The minimum Gasteiger partial charge on any atom is -0.355 e. The number of rotatable bonds is 4. The van der Waals surface area contributed by atoms with Crippen LogP contribution < -0.4 is 15.5 Å². The summed E-state index contributed by atoms with van der Waals surface area (Å²) in [6, 6.07) is 8.83. The minimum atomic E-state index is -0.172. The van der Waals surface area contributed by atoms with Gasteiger partial charge < -0.3 is 15.5 Å². The number of aromatic nitrogens is 2. The molecule has 0 aliphatic carbocycles. The first-order chi connectivity index (χ1) is 13.0. The molecule has 2 aromatic rings. The van der Waals surface area contributed by atoms with Gasteiger partial charge in [-0.15, -0.1) is 10.2 Å². The highest BCUT2D eigenvalue weighted by Crippen LogP contribution is 2.25. The SMILES string of the molecule is CNC(=O)c1cccc(NC(=O)C2CCCN(c3ccc(Cl)nn3)C2)c1C. The second-order valence-electron chi connectivity index (χ2n) is 6.55. The molecule has 8 heteroatoms. The fourth-order valence-corrected chi connectivity index (χ4v) is 3.36. The number of carbonyl (C=O) groups is 2. The number of anilines is 2. The number of piperidine rings is 1. The Morgan fingerprint density at radius 3 is 2.74 bits per heavy atom. The van der Waals surface area contributed by atoms with Crippen LogP contribution in [-0.2, 0) is 4.79 Å². The van der Waals surface area contributed by atoms with Crippen molar-refractivity contribution in [1.29, 1.82) is 0 Å². The van der Waals surface area contributed by atoms with Gasteiger partial charge in [-0.1, -0.05) is 17.7 Å². The summed E-state index contributed by atoms with van der Waals surface area (Å²) in [4.78, 5) is 26.8. The number of nitrogens with zero attached hydrogens (tertiary/aromatic N) is 3. The Bertz CT molecular complexity index is 840. The molecular weight excluding hydrogens is 366 g/mol. The summed E-state index contributed by atoms with van der Waals surface area (Å²) >= 11 is 5.80. The smallest absolute Gasteiger partial charge is 0.251 e. The van der Waals surface area contributed by atoms with Crippen LogP contribution in [0.4, 0.5) is 11.5 Å². The molecule has 0 radical (unpaired) electrons. The van der Waals surface area contributed by atoms with Crippen molar-refractivity contribution >= 4 is 34.9 Å². The highest BCUT2D eigenvalue weighted by molar-refractivity contribution is 6.29. The van der Waals surface area contributed by atoms with Gasteiger partial charge in [0.2, 0.25) is 5.91 Å². The molecule has 3 rings (SSSR count). The van der Waals surface area contributed by atoms with Gasteiger partial charge in [-0.3, -0.25) is 9.59 Å². The predicted octanol–water partition coefficient (Wildman–Crippen LogP) is 2.65. The Balaban J connectivity index is 1.71. The Labute approximate surface area is 163 Å². The number of amides is 2. The monoisotopic (exact) mass is 387 g/mol. The summed E-state index contributed by atoms with van der Waals surface area (Å²) in [5.74, 6) is 0.321. The number of halogens is 1. The molecular formula is C19H22ClN5O2. The summed E-state index contributed by atoms with van der Waals surface area (Å²) in [5.41, 5.74) is 1.96. The van der Waals surface area contributed by atoms with Gasteiger partial charge in [0.15, 0.2) is 11.0 Å². The zero-order valence-electron chi connectivity index (χ0n) is 15.3. The van der Waals surface area contributed by atoms with Crippen LogP contribution in [0.3, 0.4) is 0 Å². The summed E-state index contributed by atoms with van der Waals surface area (Å²) in [6.45, 7) is 3.22. The van der Waals surface area contributed by atoms with Crippen molar-refractivity contribution in [2.75, 3.05) is 30.4 Å². The summed E-state index contributed by atoms with van der Waals surface area (Å²) < 4.78 is 0. The molecule has 0 saturated carbocycles. The molecule has 0 bridgehead atoms. The molecule has 1 unspecified atom stereocenters. The normalized spacial score (nSPS) is 16.7. The first-order valence-electron chi connectivity index (χ1n) is 8.86. The molecule has 1 aromatic carbocycles. The Hall–Kier alpha value is -2.67. The van der Waals surface area contributed by atoms with Gasteiger partial charge in [0.05, 0.1) is 5.92 Å². The molecule has 2 N–H and O–H groups in total. The third kappa shape index (κ3) is 4.36. The fraction of sp³-hybridized carbons (Fsp3) is 0.368. The Kier molecular flexibility index (Phi) is 5.91. The summed E-state index contributed by atoms with van der Waals surface area (Å²) in [7, 11) is 1.59. The number of hydrogen-bond acceptors (Lipinski definition) is 5. The van der Waals surface area contributed by atoms with Gasteiger partial charge in [0.25, 0.3) is 5.91 Å². The lowest BCUT2D eigenvalue weighted by Crippen LogP contribution is -2.41. The van der Waals surface area contributed by atoms with Gasteiger partial charge in [0.1, 0.15) is 0 Å². The van der Waals surface area contributed by atoms with Crippen LogP contribution in [0, 0.1) is 12.8 Å². The highest BCUT2D eigenvalue weighted by Gasteiger charge is 2.27. The van der Waals surface area contributed by atoms with E-state index in [1.807, 2.05) is 24.0 Å². The van der Waals surface area contributed by atoms with E-state index in [0.29, 0.717) is 22.9 Å². The maximum Gasteiger partial charge on any atom is 0.251 e. The van der Waals surface area contributed by atoms with E-state index in [1.54, 1.807) is 25.2 Å². The van der Waals surface area contributed by atoms with Crippen LogP contribution in [0.25, 0.3) is 0 Å². The van der Waals surface area contributed by atoms with Crippen molar-refractivity contribution in [3.63, 3.8) is 0 Å². The molecule has 1 aliphatic heterocycles. The fourth-order valence-electron chi connectivity index (χ4n) is 3.26. The Morgan fingerprint density at radius 2 is 2.04 bits per heavy atom. The average Bonchev–Trinajstić information content (AvgIpc) is 2.69. The van der Waals surface area contributed by atoms with E-state index in [-0.39, 0.29) is 17.7 Å². The molecule has 2 amide bonds. The number of hydrogen-bond donors (Lipinski definition) is 2. The maximum absolute atomic E-state index is 12.8. The van der Waals surface area contributed by atoms with Gasteiger partial charge in [-0.2, -0.15) is 0 Å². The van der Waals surface area contributed by atoms with Crippen LogP contribution in [0.5, 0.6) is 0 Å². The zero-order valence-corrected chi connectivity index (χ0v) is 16.1. The lowest BCUT2D eigenvalue weighted by atomic mass is 9.96. The largest absolute Gasteiger partial charge is 0.355 e. The molecule has 1 aromatic heterocycles. The van der Waals surface area contributed by atoms with E-state index in [2.05, 4.69) is 20.8 Å². The van der Waals surface area contributed by atoms with Crippen LogP contribution >= 0.6 is 11.6 Å². The summed E-state index contributed by atoms with van der Waals surface area (Å²) in [5, 5.41) is 13.9. The summed E-state index contributed by atoms with van der Waals surface area (Å²) in [6.07, 6.45) is 1.69. The molecule has 1 atom stereocenters. The standard InChI is InChI=1S/C19H22ClN5O2/c1-12-14(19(27)21-2)6-3-7-15(12)22-18(26)13-5-4-10-25(11-13)17-9-8-16(20)23-24-17/h3,6-9,13H,4-5,10-11H2,1-2H3,(H,21,27)(H,22,26). The van der Waals surface area contributed by atoms with E-state index in [1.165, 1.54) is 0 Å². The third-order valence-electron chi connectivity index (χ3n) is 4.80. The Morgan fingerprint density at radius 1 is 1.22 bits per heavy atom. The zero-order chi connectivity index (χ0) is 19.4. The first kappa shape index (κ1) is 19.1. The van der Waals surface area contributed by atoms with Crippen LogP contribution in [-0.4, -0.2) is 42.1 Å². The quantitative estimate of drug-likeness (QED) is 0.842. The molecule has 1 aliphatic rings. The van der Waals surface area contributed by atoms with Crippen molar-refractivity contribution in [3.8, 4) is 0 Å². The molecule has 0 spiro atoms. The number of nitrogens with one attached hydrogen (secondary N) is 2. The van der Waals surface area contributed by atoms with Gasteiger partial charge in [-0.25, -0.2) is 0 Å². The van der Waals surface area contributed by atoms with Crippen LogP contribution in [0.1, 0.15) is 28.8 Å². The lowest BCUT2D eigenvalue weighted by Gasteiger charge is -2.32. The van der Waals surface area contributed by atoms with Crippen molar-refractivity contribution in [2.45, 2.75) is 19.8 Å². The second kappa shape index (κ2) is 8.35. The second-order valence-corrected chi connectivity index (χ2v) is 6.93. The van der Waals surface area contributed by atoms with E-state index in [4.69, 9.17) is 11.6 Å². The minimum absolute atomic E-state index is 0.0567. The van der Waals surface area contributed by atoms with E-state index >= 15 is 0 Å². The van der Waals surface area contributed by atoms with Crippen molar-refractivity contribution in [2.24, 2.45) is 5.92 Å². The molecule has 1 saturated heterocycles. The van der Waals surface area contributed by atoms with Crippen molar-refractivity contribution in [1.82, 2.24) is 15.5 Å². The van der Waals surface area contributed by atoms with Gasteiger partial charge in [-0.05, 0) is 49.6 Å². The first-order valence-corrected chi connectivity index (χ1v) is 9.24. The van der Waals surface area contributed by atoms with Crippen LogP contribution in [0.15, 0.2) is 30.3 Å². The number of benzene rings is 1. The lowest BCUT2D eigenvalue weighted by molar-refractivity contribution is -0.120. The predicted molar refractivity (Wildman–Crippen MR) is 105 cm³/mol. The van der Waals surface area contributed by atoms with E-state index in [0.717, 1.165) is 30.8 Å². The van der Waals surface area contributed by atoms with Crippen molar-refractivity contribution in [3.05, 3.63) is 46.6 Å². The maximum atomic E-state index is 12.8. The molecule has 7 nitrogen and oxygen atoms in total. The van der Waals surface area contributed by atoms with E-state index < -0.39 is 0 Å². The topological polar surface area (TPSA) is 87.2 Å². The third-order valence-corrected chi connectivity index (χ3v) is 5.00. The van der Waals surface area contributed by atoms with E-state index in [9.17, 15) is 9.59 Å². The van der Waals surface area contributed by atoms with Gasteiger partial charge in [0, 0.05) is 31.4 Å². The van der Waals surface area contributed by atoms with Crippen LogP contribution in [0.2, 0.25) is 5.15 Å². The highest BCUT2D eigenvalue weighted by atomic mass is 35.5. The molecule has 2 heterocycles. The average molecular weight is 388 g/mol. The van der Waals surface area contributed by atoms with Gasteiger partial charge >= 0.3 is 0 Å².